The molecule has 6 heteroatoms. The lowest BCUT2D eigenvalue weighted by Crippen LogP contribution is -2.38. The van der Waals surface area contributed by atoms with Gasteiger partial charge in [0, 0.05) is 6.61 Å². The quantitative estimate of drug-likeness (QED) is 0.0850. The first-order valence-corrected chi connectivity index (χ1v) is 14.8. The first-order valence-electron chi connectivity index (χ1n) is 14.8. The number of hydrogen-bond acceptors (Lipinski definition) is 5. The summed E-state index contributed by atoms with van der Waals surface area (Å²) in [7, 11) is 0. The van der Waals surface area contributed by atoms with Crippen LogP contribution in [0.15, 0.2) is 97.2 Å². The smallest absolute Gasteiger partial charge is 0.341 e. The van der Waals surface area contributed by atoms with Crippen LogP contribution in [-0.4, -0.2) is 42.8 Å². The second-order valence-corrected chi connectivity index (χ2v) is 9.27. The second kappa shape index (κ2) is 25.3. The Bertz CT molecular complexity index is 1020. The van der Waals surface area contributed by atoms with E-state index >= 15 is 0 Å². The molecule has 0 radical (unpaired) electrons. The molecule has 1 atom stereocenters. The Balaban J connectivity index is 2.05. The molecule has 224 valence electrons. The van der Waals surface area contributed by atoms with Crippen molar-refractivity contribution < 1.29 is 24.2 Å². The molecule has 0 saturated carbocycles. The van der Waals surface area contributed by atoms with Gasteiger partial charge in [-0.2, -0.15) is 0 Å². The number of carbonyl (C=O) groups is 2. The van der Waals surface area contributed by atoms with Crippen molar-refractivity contribution >= 4 is 11.9 Å². The third-order valence-corrected chi connectivity index (χ3v) is 5.85. The van der Waals surface area contributed by atoms with Crippen molar-refractivity contribution in [3.63, 3.8) is 0 Å². The largest absolute Gasteiger partial charge is 0.507 e. The van der Waals surface area contributed by atoms with E-state index < -0.39 is 12.1 Å². The van der Waals surface area contributed by atoms with Crippen LogP contribution < -0.4 is 5.32 Å². The van der Waals surface area contributed by atoms with Gasteiger partial charge in [-0.15, -0.1) is 0 Å². The van der Waals surface area contributed by atoms with Crippen molar-refractivity contribution in [1.82, 2.24) is 5.32 Å². The maximum atomic E-state index is 12.3. The van der Waals surface area contributed by atoms with Crippen LogP contribution in [0.2, 0.25) is 0 Å². The van der Waals surface area contributed by atoms with Gasteiger partial charge in [0.25, 0.3) is 0 Å². The first-order chi connectivity index (χ1) is 20.1. The fraction of sp³-hybridized carbons (Fsp3) is 0.429. The third-order valence-electron chi connectivity index (χ3n) is 5.85. The van der Waals surface area contributed by atoms with Gasteiger partial charge in [-0.25, -0.2) is 4.79 Å². The van der Waals surface area contributed by atoms with Gasteiger partial charge in [0.1, 0.15) is 24.0 Å². The SMILES string of the molecule is CCC=CCC=CCC=CCC=CCC=CCC=CCCCOC(CC)C(=O)NCCOC(=O)c1ccccc1O. The summed E-state index contributed by atoms with van der Waals surface area (Å²) in [5, 5.41) is 12.4. The molecular weight excluding hydrogens is 514 g/mol. The number of phenols is 1. The van der Waals surface area contributed by atoms with Crippen LogP contribution in [0.25, 0.3) is 0 Å². The van der Waals surface area contributed by atoms with Crippen LogP contribution in [0.4, 0.5) is 0 Å². The van der Waals surface area contributed by atoms with Crippen molar-refractivity contribution in [3.05, 3.63) is 103 Å². The summed E-state index contributed by atoms with van der Waals surface area (Å²) in [6.07, 6.45) is 33.9. The Morgan fingerprint density at radius 2 is 1.32 bits per heavy atom. The minimum Gasteiger partial charge on any atom is -0.507 e. The summed E-state index contributed by atoms with van der Waals surface area (Å²) in [4.78, 5) is 24.3. The number of esters is 1. The molecule has 0 heterocycles. The number of benzene rings is 1. The Morgan fingerprint density at radius 1 is 0.780 bits per heavy atom. The first kappa shape index (κ1) is 35.4. The lowest BCUT2D eigenvalue weighted by Gasteiger charge is -2.16. The maximum absolute atomic E-state index is 12.3. The predicted octanol–water partition coefficient (Wildman–Crippen LogP) is 7.94. The lowest BCUT2D eigenvalue weighted by atomic mass is 10.2. The Kier molecular flexibility index (Phi) is 21.9. The molecule has 0 aliphatic rings. The van der Waals surface area contributed by atoms with Crippen LogP contribution in [0, 0.1) is 0 Å². The number of phenolic OH excluding ortho intramolecular Hbond substituents is 1. The van der Waals surface area contributed by atoms with Gasteiger partial charge >= 0.3 is 5.97 Å². The summed E-state index contributed by atoms with van der Waals surface area (Å²) < 4.78 is 10.8. The fourth-order valence-electron chi connectivity index (χ4n) is 3.60. The number of hydrogen-bond donors (Lipinski definition) is 2. The summed E-state index contributed by atoms with van der Waals surface area (Å²) in [6.45, 7) is 4.73. The summed E-state index contributed by atoms with van der Waals surface area (Å²) in [5.74, 6) is -0.986. The molecule has 0 aromatic heterocycles. The molecule has 1 aromatic carbocycles. The number of carbonyl (C=O) groups excluding carboxylic acids is 2. The number of ether oxygens (including phenoxy) is 2. The maximum Gasteiger partial charge on any atom is 0.341 e. The summed E-state index contributed by atoms with van der Waals surface area (Å²) in [5.41, 5.74) is 0.0977. The van der Waals surface area contributed by atoms with Crippen molar-refractivity contribution in [2.24, 2.45) is 0 Å². The van der Waals surface area contributed by atoms with Crippen LogP contribution in [0.3, 0.4) is 0 Å². The molecule has 0 bridgehead atoms. The number of amides is 1. The average Bonchev–Trinajstić information content (AvgIpc) is 2.98. The molecule has 6 nitrogen and oxygen atoms in total. The van der Waals surface area contributed by atoms with E-state index in [0.29, 0.717) is 13.0 Å². The average molecular weight is 564 g/mol. The standard InChI is InChI=1S/C35H49NO5/c1-3-5-6-7-8-9-10-11-12-13-14-15-16-17-18-19-20-21-22-25-29-40-33(4-2)34(38)36-28-30-41-35(39)31-26-23-24-27-32(31)37/h5-6,8-9,11-12,14-15,17-18,20-21,23-24,26-27,33,37H,3-4,7,10,13,16,19,22,25,28-30H2,1-2H3,(H,36,38). The molecule has 0 aliphatic heterocycles. The zero-order valence-corrected chi connectivity index (χ0v) is 24.9. The van der Waals surface area contributed by atoms with Crippen molar-refractivity contribution in [1.29, 1.82) is 0 Å². The number of rotatable bonds is 22. The molecule has 1 amide bonds. The van der Waals surface area contributed by atoms with Crippen molar-refractivity contribution in [2.75, 3.05) is 19.8 Å². The Labute approximate surface area is 247 Å². The van der Waals surface area contributed by atoms with E-state index in [0.717, 1.165) is 51.4 Å². The number of allylic oxidation sites excluding steroid dienone is 12. The van der Waals surface area contributed by atoms with E-state index in [-0.39, 0.29) is 30.4 Å². The number of unbranched alkanes of at least 4 members (excludes halogenated alkanes) is 1. The summed E-state index contributed by atoms with van der Waals surface area (Å²) in [6, 6.07) is 6.17. The Morgan fingerprint density at radius 3 is 1.85 bits per heavy atom. The minimum atomic E-state index is -0.630. The molecule has 0 fully saturated rings. The Hall–Kier alpha value is -3.64. The summed E-state index contributed by atoms with van der Waals surface area (Å²) >= 11 is 0. The van der Waals surface area contributed by atoms with E-state index in [1.54, 1.807) is 12.1 Å². The van der Waals surface area contributed by atoms with Gasteiger partial charge in [-0.3, -0.25) is 4.79 Å². The van der Waals surface area contributed by atoms with E-state index in [1.807, 2.05) is 6.92 Å². The van der Waals surface area contributed by atoms with Gasteiger partial charge in [-0.05, 0) is 69.9 Å². The zero-order chi connectivity index (χ0) is 29.8. The highest BCUT2D eigenvalue weighted by Crippen LogP contribution is 2.16. The highest BCUT2D eigenvalue weighted by molar-refractivity contribution is 5.92. The van der Waals surface area contributed by atoms with Crippen LogP contribution >= 0.6 is 0 Å². The minimum absolute atomic E-state index is 0.0119. The van der Waals surface area contributed by atoms with Gasteiger partial charge in [0.15, 0.2) is 0 Å². The van der Waals surface area contributed by atoms with Gasteiger partial charge in [0.2, 0.25) is 5.91 Å². The van der Waals surface area contributed by atoms with Crippen molar-refractivity contribution in [2.45, 2.75) is 77.7 Å². The van der Waals surface area contributed by atoms with E-state index in [2.05, 4.69) is 85.2 Å². The van der Waals surface area contributed by atoms with Gasteiger partial charge in [-0.1, -0.05) is 98.9 Å². The molecule has 2 N–H and O–H groups in total. The van der Waals surface area contributed by atoms with Gasteiger partial charge < -0.3 is 19.9 Å². The molecule has 0 aliphatic carbocycles. The molecule has 1 unspecified atom stereocenters. The topological polar surface area (TPSA) is 84.9 Å². The molecular formula is C35H49NO5. The lowest BCUT2D eigenvalue weighted by molar-refractivity contribution is -0.133. The highest BCUT2D eigenvalue weighted by Gasteiger charge is 2.17. The molecule has 1 rings (SSSR count). The molecule has 1 aromatic rings. The van der Waals surface area contributed by atoms with Crippen LogP contribution in [-0.2, 0) is 14.3 Å². The van der Waals surface area contributed by atoms with Crippen LogP contribution in [0.1, 0.15) is 82.0 Å². The zero-order valence-electron chi connectivity index (χ0n) is 24.9. The number of nitrogens with one attached hydrogen (secondary N) is 1. The van der Waals surface area contributed by atoms with E-state index in [9.17, 15) is 14.7 Å². The molecule has 0 saturated heterocycles. The number of aromatic hydroxyl groups is 1. The van der Waals surface area contributed by atoms with Gasteiger partial charge in [0.05, 0.1) is 6.54 Å². The molecule has 0 spiro atoms. The highest BCUT2D eigenvalue weighted by atomic mass is 16.5. The van der Waals surface area contributed by atoms with Crippen LogP contribution in [0.5, 0.6) is 5.75 Å². The second-order valence-electron chi connectivity index (χ2n) is 9.27. The number of para-hydroxylation sites is 1. The van der Waals surface area contributed by atoms with E-state index in [1.165, 1.54) is 12.1 Å². The predicted molar refractivity (Wildman–Crippen MR) is 169 cm³/mol. The van der Waals surface area contributed by atoms with E-state index in [4.69, 9.17) is 9.47 Å². The normalized spacial score (nSPS) is 13.0. The fourth-order valence-corrected chi connectivity index (χ4v) is 3.60. The van der Waals surface area contributed by atoms with Crippen molar-refractivity contribution in [3.8, 4) is 5.75 Å². The molecule has 41 heavy (non-hydrogen) atoms. The monoisotopic (exact) mass is 563 g/mol. The third kappa shape index (κ3) is 19.1.